The van der Waals surface area contributed by atoms with E-state index >= 15 is 0 Å². The van der Waals surface area contributed by atoms with E-state index in [0.29, 0.717) is 18.7 Å². The Morgan fingerprint density at radius 3 is 2.95 bits per heavy atom. The predicted molar refractivity (Wildman–Crippen MR) is 71.3 cm³/mol. The summed E-state index contributed by atoms with van der Waals surface area (Å²) in [6, 6.07) is 4.13. The molecule has 0 aliphatic heterocycles. The summed E-state index contributed by atoms with van der Waals surface area (Å²) in [5.41, 5.74) is 5.66. The number of methoxy groups -OCH3 is 1. The summed E-state index contributed by atoms with van der Waals surface area (Å²) in [6.45, 7) is 0.470. The Kier molecular flexibility index (Phi) is 4.24. The van der Waals surface area contributed by atoms with E-state index in [9.17, 15) is 9.18 Å². The third kappa shape index (κ3) is 2.97. The summed E-state index contributed by atoms with van der Waals surface area (Å²) in [7, 11) is 1.44. The second-order valence-electron chi connectivity index (χ2n) is 3.84. The fourth-order valence-electron chi connectivity index (χ4n) is 1.60. The van der Waals surface area contributed by atoms with Crippen LogP contribution in [0.15, 0.2) is 23.6 Å². The fraction of sp³-hybridized carbons (Fsp3) is 0.231. The van der Waals surface area contributed by atoms with Gasteiger partial charge in [-0.2, -0.15) is 0 Å². The van der Waals surface area contributed by atoms with Crippen LogP contribution in [0, 0.1) is 5.82 Å². The van der Waals surface area contributed by atoms with Gasteiger partial charge in [0.05, 0.1) is 17.7 Å². The van der Waals surface area contributed by atoms with Gasteiger partial charge in [-0.15, -0.1) is 11.3 Å². The lowest BCUT2D eigenvalue weighted by molar-refractivity contribution is 0.103. The van der Waals surface area contributed by atoms with Crippen LogP contribution in [-0.4, -0.2) is 24.4 Å². The maximum Gasteiger partial charge on any atom is 0.215 e. The van der Waals surface area contributed by atoms with E-state index in [-0.39, 0.29) is 11.3 Å². The lowest BCUT2D eigenvalue weighted by Crippen LogP contribution is -2.06. The van der Waals surface area contributed by atoms with Crippen LogP contribution in [0.4, 0.5) is 4.39 Å². The van der Waals surface area contributed by atoms with Gasteiger partial charge in [-0.1, -0.05) is 0 Å². The lowest BCUT2D eigenvalue weighted by Gasteiger charge is -2.03. The molecule has 2 rings (SSSR count). The summed E-state index contributed by atoms with van der Waals surface area (Å²) in [4.78, 5) is 16.3. The van der Waals surface area contributed by atoms with Crippen LogP contribution in [0.5, 0.6) is 5.75 Å². The number of hydrogen-bond donors (Lipinski definition) is 1. The molecule has 0 amide bonds. The number of rotatable bonds is 5. The Bertz CT molecular complexity index is 598. The number of carbonyl (C=O) groups is 1. The molecular formula is C13H13FN2O2S. The minimum Gasteiger partial charge on any atom is -0.497 e. The van der Waals surface area contributed by atoms with Crippen molar-refractivity contribution in [3.63, 3.8) is 0 Å². The number of carbonyl (C=O) groups excluding carboxylic acids is 1. The van der Waals surface area contributed by atoms with Crippen molar-refractivity contribution in [3.05, 3.63) is 45.7 Å². The lowest BCUT2D eigenvalue weighted by atomic mass is 10.1. The molecule has 1 heterocycles. The van der Waals surface area contributed by atoms with Gasteiger partial charge in [0.1, 0.15) is 17.3 Å². The quantitative estimate of drug-likeness (QED) is 0.851. The number of thiazole rings is 1. The van der Waals surface area contributed by atoms with Gasteiger partial charge in [0.25, 0.3) is 0 Å². The van der Waals surface area contributed by atoms with Gasteiger partial charge < -0.3 is 10.5 Å². The molecule has 0 radical (unpaired) electrons. The standard InChI is InChI=1S/C13H13FN2O2S/c1-18-8-2-3-9(10(14)6-8)13(17)11-7-19-12(16-11)4-5-15/h2-3,6-7H,4-5,15H2,1H3. The Morgan fingerprint density at radius 2 is 2.32 bits per heavy atom. The van der Waals surface area contributed by atoms with E-state index in [4.69, 9.17) is 10.5 Å². The summed E-state index contributed by atoms with van der Waals surface area (Å²) >= 11 is 1.35. The number of ether oxygens (including phenoxy) is 1. The summed E-state index contributed by atoms with van der Waals surface area (Å²) in [5.74, 6) is -0.673. The molecule has 4 nitrogen and oxygen atoms in total. The molecule has 1 aromatic carbocycles. The van der Waals surface area contributed by atoms with Crippen LogP contribution in [0.3, 0.4) is 0 Å². The molecule has 19 heavy (non-hydrogen) atoms. The summed E-state index contributed by atoms with van der Waals surface area (Å²) < 4.78 is 18.7. The van der Waals surface area contributed by atoms with Crippen molar-refractivity contribution in [2.24, 2.45) is 5.73 Å². The average Bonchev–Trinajstić information content (AvgIpc) is 2.87. The van der Waals surface area contributed by atoms with Crippen molar-refractivity contribution in [2.45, 2.75) is 6.42 Å². The molecule has 0 atom stereocenters. The van der Waals surface area contributed by atoms with E-state index in [2.05, 4.69) is 4.98 Å². The van der Waals surface area contributed by atoms with Gasteiger partial charge in [-0.3, -0.25) is 4.79 Å². The molecular weight excluding hydrogens is 267 g/mol. The van der Waals surface area contributed by atoms with Crippen molar-refractivity contribution in [3.8, 4) is 5.75 Å². The van der Waals surface area contributed by atoms with Crippen molar-refractivity contribution in [2.75, 3.05) is 13.7 Å². The molecule has 0 aliphatic carbocycles. The van der Waals surface area contributed by atoms with Crippen LogP contribution in [0.25, 0.3) is 0 Å². The first-order valence-corrected chi connectivity index (χ1v) is 6.56. The van der Waals surface area contributed by atoms with E-state index in [1.807, 2.05) is 0 Å². The molecule has 2 N–H and O–H groups in total. The molecule has 0 saturated heterocycles. The highest BCUT2D eigenvalue weighted by Gasteiger charge is 2.17. The Morgan fingerprint density at radius 1 is 1.53 bits per heavy atom. The molecule has 1 aromatic heterocycles. The minimum atomic E-state index is -0.613. The highest BCUT2D eigenvalue weighted by molar-refractivity contribution is 7.09. The van der Waals surface area contributed by atoms with Gasteiger partial charge in [0.15, 0.2) is 0 Å². The van der Waals surface area contributed by atoms with Gasteiger partial charge in [0.2, 0.25) is 5.78 Å². The van der Waals surface area contributed by atoms with E-state index < -0.39 is 11.6 Å². The molecule has 6 heteroatoms. The number of aromatic nitrogens is 1. The zero-order valence-corrected chi connectivity index (χ0v) is 11.2. The first-order chi connectivity index (χ1) is 9.15. The zero-order valence-electron chi connectivity index (χ0n) is 10.4. The highest BCUT2D eigenvalue weighted by Crippen LogP contribution is 2.20. The van der Waals surface area contributed by atoms with E-state index in [1.165, 1.54) is 30.6 Å². The van der Waals surface area contributed by atoms with Crippen LogP contribution in [-0.2, 0) is 6.42 Å². The zero-order chi connectivity index (χ0) is 13.8. The minimum absolute atomic E-state index is 0.00889. The molecule has 0 aliphatic rings. The number of nitrogens with zero attached hydrogens (tertiary/aromatic N) is 1. The van der Waals surface area contributed by atoms with Crippen LogP contribution >= 0.6 is 11.3 Å². The average molecular weight is 280 g/mol. The van der Waals surface area contributed by atoms with Gasteiger partial charge in [0, 0.05) is 17.9 Å². The summed E-state index contributed by atoms with van der Waals surface area (Å²) in [6.07, 6.45) is 0.614. The Labute approximate surface area is 114 Å². The van der Waals surface area contributed by atoms with Crippen molar-refractivity contribution in [1.29, 1.82) is 0 Å². The number of nitrogens with two attached hydrogens (primary N) is 1. The van der Waals surface area contributed by atoms with Crippen LogP contribution < -0.4 is 10.5 Å². The Hall–Kier alpha value is -1.79. The Balaban J connectivity index is 2.27. The summed E-state index contributed by atoms with van der Waals surface area (Å²) in [5, 5.41) is 2.40. The van der Waals surface area contributed by atoms with Crippen LogP contribution in [0.2, 0.25) is 0 Å². The monoisotopic (exact) mass is 280 g/mol. The molecule has 0 bridgehead atoms. The fourth-order valence-corrected chi connectivity index (χ4v) is 2.39. The smallest absolute Gasteiger partial charge is 0.215 e. The van der Waals surface area contributed by atoms with Crippen molar-refractivity contribution in [1.82, 2.24) is 4.98 Å². The molecule has 0 unspecified atom stereocenters. The predicted octanol–water partition coefficient (Wildman–Crippen LogP) is 2.02. The number of ketones is 1. The maximum atomic E-state index is 13.8. The van der Waals surface area contributed by atoms with Crippen LogP contribution in [0.1, 0.15) is 21.1 Å². The SMILES string of the molecule is COc1ccc(C(=O)c2csc(CCN)n2)c(F)c1. The van der Waals surface area contributed by atoms with Gasteiger partial charge >= 0.3 is 0 Å². The molecule has 0 spiro atoms. The molecule has 2 aromatic rings. The van der Waals surface area contributed by atoms with Gasteiger partial charge in [-0.25, -0.2) is 9.37 Å². The number of hydrogen-bond acceptors (Lipinski definition) is 5. The maximum absolute atomic E-state index is 13.8. The largest absolute Gasteiger partial charge is 0.497 e. The van der Waals surface area contributed by atoms with E-state index in [1.54, 1.807) is 11.4 Å². The first kappa shape index (κ1) is 13.6. The number of benzene rings is 1. The molecule has 0 fully saturated rings. The third-order valence-corrected chi connectivity index (χ3v) is 3.47. The molecule has 0 saturated carbocycles. The third-order valence-electron chi connectivity index (χ3n) is 2.56. The molecule has 100 valence electrons. The highest BCUT2D eigenvalue weighted by atomic mass is 32.1. The topological polar surface area (TPSA) is 65.2 Å². The van der Waals surface area contributed by atoms with Gasteiger partial charge in [-0.05, 0) is 18.7 Å². The number of halogens is 1. The van der Waals surface area contributed by atoms with Crippen molar-refractivity contribution < 1.29 is 13.9 Å². The first-order valence-electron chi connectivity index (χ1n) is 5.68. The second kappa shape index (κ2) is 5.90. The second-order valence-corrected chi connectivity index (χ2v) is 4.78. The normalized spacial score (nSPS) is 10.5. The van der Waals surface area contributed by atoms with E-state index in [0.717, 1.165) is 5.01 Å². The van der Waals surface area contributed by atoms with Crippen molar-refractivity contribution >= 4 is 17.1 Å².